The number of fused-ring (bicyclic) bond motifs is 2. The molecule has 0 amide bonds. The molecule has 1 aromatic carbocycles. The first-order valence-electron chi connectivity index (χ1n) is 7.84. The number of carboxylic acids is 1. The minimum absolute atomic E-state index is 0.181. The van der Waals surface area contributed by atoms with Crippen LogP contribution in [0, 0.1) is 23.7 Å². The smallest absolute Gasteiger partial charge is 0.331 e. The molecular formula is C19H22O3. The molecule has 0 aliphatic heterocycles. The molecule has 3 nitrogen and oxygen atoms in total. The molecule has 0 radical (unpaired) electrons. The summed E-state index contributed by atoms with van der Waals surface area (Å²) >= 11 is 0. The van der Waals surface area contributed by atoms with Gasteiger partial charge in [-0.3, -0.25) is 0 Å². The van der Waals surface area contributed by atoms with Crippen molar-refractivity contribution in [3.63, 3.8) is 0 Å². The van der Waals surface area contributed by atoms with Gasteiger partial charge in [-0.25, -0.2) is 4.79 Å². The van der Waals surface area contributed by atoms with Gasteiger partial charge in [0, 0.05) is 5.57 Å². The molecule has 2 aliphatic carbocycles. The summed E-state index contributed by atoms with van der Waals surface area (Å²) in [6.45, 7) is 3.91. The minimum atomic E-state index is -0.788. The van der Waals surface area contributed by atoms with Crippen LogP contribution in [0.1, 0.15) is 24.8 Å². The van der Waals surface area contributed by atoms with E-state index in [0.717, 1.165) is 30.6 Å². The van der Waals surface area contributed by atoms with E-state index in [9.17, 15) is 9.90 Å². The van der Waals surface area contributed by atoms with E-state index in [0.29, 0.717) is 23.3 Å². The predicted molar refractivity (Wildman–Crippen MR) is 86.6 cm³/mol. The maximum atomic E-state index is 11.7. The number of allylic oxidation sites excluding steroid dienone is 1. The lowest BCUT2D eigenvalue weighted by atomic mass is 9.78. The van der Waals surface area contributed by atoms with Gasteiger partial charge in [-0.1, -0.05) is 18.2 Å². The van der Waals surface area contributed by atoms with Crippen LogP contribution in [-0.4, -0.2) is 18.2 Å². The molecular weight excluding hydrogens is 276 g/mol. The molecule has 0 heterocycles. The Morgan fingerprint density at radius 2 is 1.95 bits per heavy atom. The van der Waals surface area contributed by atoms with E-state index < -0.39 is 5.97 Å². The van der Waals surface area contributed by atoms with Gasteiger partial charge in [0.2, 0.25) is 0 Å². The summed E-state index contributed by atoms with van der Waals surface area (Å²) in [7, 11) is 1.62. The van der Waals surface area contributed by atoms with Gasteiger partial charge >= 0.3 is 5.97 Å². The van der Waals surface area contributed by atoms with Gasteiger partial charge in [-0.15, -0.1) is 6.58 Å². The van der Waals surface area contributed by atoms with Crippen molar-refractivity contribution in [3.8, 4) is 5.75 Å². The molecule has 22 heavy (non-hydrogen) atoms. The second-order valence-electron chi connectivity index (χ2n) is 6.41. The monoisotopic (exact) mass is 298 g/mol. The molecule has 3 rings (SSSR count). The molecule has 1 aromatic rings. The van der Waals surface area contributed by atoms with E-state index in [4.69, 9.17) is 4.74 Å². The number of ether oxygens (including phenoxy) is 1. The van der Waals surface area contributed by atoms with Crippen LogP contribution in [0.2, 0.25) is 0 Å². The Hall–Kier alpha value is -2.03. The van der Waals surface area contributed by atoms with E-state index in [1.54, 1.807) is 7.11 Å². The van der Waals surface area contributed by atoms with Gasteiger partial charge in [0.1, 0.15) is 5.75 Å². The van der Waals surface area contributed by atoms with Crippen molar-refractivity contribution in [2.75, 3.05) is 7.11 Å². The zero-order valence-corrected chi connectivity index (χ0v) is 12.9. The van der Waals surface area contributed by atoms with Crippen molar-refractivity contribution in [1.29, 1.82) is 0 Å². The van der Waals surface area contributed by atoms with Crippen molar-refractivity contribution < 1.29 is 14.6 Å². The van der Waals surface area contributed by atoms with Crippen molar-refractivity contribution >= 4 is 12.0 Å². The second kappa shape index (κ2) is 5.99. The first-order valence-corrected chi connectivity index (χ1v) is 7.84. The van der Waals surface area contributed by atoms with Crippen molar-refractivity contribution in [2.24, 2.45) is 23.7 Å². The molecule has 4 atom stereocenters. The molecule has 0 spiro atoms. The van der Waals surface area contributed by atoms with Crippen LogP contribution in [0.25, 0.3) is 6.08 Å². The SMILES string of the molecule is C=CC1CC2CC1CC2C(=Cc1ccc(OC)cc1)C(=O)O. The van der Waals surface area contributed by atoms with E-state index in [1.807, 2.05) is 30.3 Å². The normalized spacial score (nSPS) is 30.3. The Bertz CT molecular complexity index is 600. The summed E-state index contributed by atoms with van der Waals surface area (Å²) in [5.41, 5.74) is 1.47. The molecule has 0 aromatic heterocycles. The highest BCUT2D eigenvalue weighted by molar-refractivity contribution is 5.93. The van der Waals surface area contributed by atoms with E-state index in [-0.39, 0.29) is 5.92 Å². The van der Waals surface area contributed by atoms with Crippen molar-refractivity contribution in [3.05, 3.63) is 48.1 Å². The number of methoxy groups -OCH3 is 1. The number of aliphatic carboxylic acids is 1. The highest BCUT2D eigenvalue weighted by Crippen LogP contribution is 2.54. The van der Waals surface area contributed by atoms with E-state index in [1.165, 1.54) is 0 Å². The molecule has 0 saturated heterocycles. The fraction of sp³-hybridized carbons (Fsp3) is 0.421. The Balaban J connectivity index is 1.83. The van der Waals surface area contributed by atoms with Crippen LogP contribution in [-0.2, 0) is 4.79 Å². The number of carbonyl (C=O) groups is 1. The molecule has 116 valence electrons. The van der Waals surface area contributed by atoms with Crippen LogP contribution < -0.4 is 4.74 Å². The quantitative estimate of drug-likeness (QED) is 0.660. The second-order valence-corrected chi connectivity index (χ2v) is 6.41. The Labute approximate surface area is 131 Å². The third-order valence-electron chi connectivity index (χ3n) is 5.30. The van der Waals surface area contributed by atoms with E-state index >= 15 is 0 Å². The third-order valence-corrected chi connectivity index (χ3v) is 5.30. The summed E-state index contributed by atoms with van der Waals surface area (Å²) in [4.78, 5) is 11.7. The molecule has 2 aliphatic rings. The predicted octanol–water partition coefficient (Wildman–Crippen LogP) is 4.01. The lowest BCUT2D eigenvalue weighted by Crippen LogP contribution is -2.22. The van der Waals surface area contributed by atoms with Crippen LogP contribution in [0.5, 0.6) is 5.75 Å². The highest BCUT2D eigenvalue weighted by atomic mass is 16.5. The zero-order valence-electron chi connectivity index (χ0n) is 12.9. The fourth-order valence-corrected chi connectivity index (χ4v) is 4.20. The lowest BCUT2D eigenvalue weighted by molar-refractivity contribution is -0.133. The lowest BCUT2D eigenvalue weighted by Gasteiger charge is -2.26. The largest absolute Gasteiger partial charge is 0.497 e. The molecule has 1 N–H and O–H groups in total. The number of hydrogen-bond donors (Lipinski definition) is 1. The summed E-state index contributed by atoms with van der Waals surface area (Å²) < 4.78 is 5.14. The number of benzene rings is 1. The van der Waals surface area contributed by atoms with Gasteiger partial charge in [0.25, 0.3) is 0 Å². The van der Waals surface area contributed by atoms with Crippen LogP contribution in [0.15, 0.2) is 42.5 Å². The Kier molecular flexibility index (Phi) is 4.06. The van der Waals surface area contributed by atoms with Gasteiger partial charge in [-0.2, -0.15) is 0 Å². The average molecular weight is 298 g/mol. The van der Waals surface area contributed by atoms with Gasteiger partial charge in [0.15, 0.2) is 0 Å². The Morgan fingerprint density at radius 1 is 1.23 bits per heavy atom. The average Bonchev–Trinajstić information content (AvgIpc) is 3.12. The molecule has 3 heteroatoms. The summed E-state index contributed by atoms with van der Waals surface area (Å²) in [6.07, 6.45) is 7.10. The van der Waals surface area contributed by atoms with Crippen LogP contribution >= 0.6 is 0 Å². The first kappa shape index (κ1) is 14.9. The Morgan fingerprint density at radius 3 is 2.45 bits per heavy atom. The van der Waals surface area contributed by atoms with Crippen molar-refractivity contribution in [2.45, 2.75) is 19.3 Å². The maximum absolute atomic E-state index is 11.7. The van der Waals surface area contributed by atoms with Crippen LogP contribution in [0.3, 0.4) is 0 Å². The summed E-state index contributed by atoms with van der Waals surface area (Å²) in [5.74, 6) is 1.86. The molecule has 4 unspecified atom stereocenters. The maximum Gasteiger partial charge on any atom is 0.331 e. The fourth-order valence-electron chi connectivity index (χ4n) is 4.20. The van der Waals surface area contributed by atoms with E-state index in [2.05, 4.69) is 12.7 Å². The summed E-state index contributed by atoms with van der Waals surface area (Å²) in [6, 6.07) is 7.53. The molecule has 2 fully saturated rings. The molecule has 2 bridgehead atoms. The van der Waals surface area contributed by atoms with Gasteiger partial charge in [-0.05, 0) is 66.7 Å². The third kappa shape index (κ3) is 2.68. The van der Waals surface area contributed by atoms with Crippen molar-refractivity contribution in [1.82, 2.24) is 0 Å². The standard InChI is InChI=1S/C19H22O3/c1-3-13-9-15-10-14(13)11-17(15)18(19(20)21)8-12-4-6-16(22-2)7-5-12/h3-8,13-15,17H,1,9-11H2,2H3,(H,20,21). The number of rotatable bonds is 5. The van der Waals surface area contributed by atoms with Crippen LogP contribution in [0.4, 0.5) is 0 Å². The highest BCUT2D eigenvalue weighted by Gasteiger charge is 2.46. The summed E-state index contributed by atoms with van der Waals surface area (Å²) in [5, 5.41) is 9.63. The number of carboxylic acid groups (broad SMARTS) is 1. The number of hydrogen-bond acceptors (Lipinski definition) is 2. The zero-order chi connectivity index (χ0) is 15.7. The first-order chi connectivity index (χ1) is 10.6. The molecule has 2 saturated carbocycles. The topological polar surface area (TPSA) is 46.5 Å². The minimum Gasteiger partial charge on any atom is -0.497 e. The van der Waals surface area contributed by atoms with Gasteiger partial charge < -0.3 is 9.84 Å². The van der Waals surface area contributed by atoms with Gasteiger partial charge in [0.05, 0.1) is 7.11 Å².